The fourth-order valence-electron chi connectivity index (χ4n) is 2.37. The molecule has 6 nitrogen and oxygen atoms in total. The molecule has 3 aromatic rings. The number of anilines is 2. The topological polar surface area (TPSA) is 84.5 Å². The summed E-state index contributed by atoms with van der Waals surface area (Å²) >= 11 is 5.78. The molecule has 0 bridgehead atoms. The standard InChI is InChI=1S/C20H15ClF2N2O4S/c21-13-1-3-14(4-2-13)25-30(27,28)17-8-6-16(7-9-17)29-12-20(26)24-15-5-10-18(22)19(23)11-15/h1-11,25H,12H2,(H,24,26). The van der Waals surface area contributed by atoms with Crippen LogP contribution in [0, 0.1) is 11.6 Å². The second-order valence-corrected chi connectivity index (χ2v) is 8.17. The highest BCUT2D eigenvalue weighted by molar-refractivity contribution is 7.92. The van der Waals surface area contributed by atoms with Gasteiger partial charge in [-0.1, -0.05) is 11.6 Å². The number of halogens is 3. The lowest BCUT2D eigenvalue weighted by Gasteiger charge is -2.10. The molecule has 0 saturated heterocycles. The number of nitrogens with one attached hydrogen (secondary N) is 2. The van der Waals surface area contributed by atoms with E-state index in [1.54, 1.807) is 12.1 Å². The maximum atomic E-state index is 13.2. The van der Waals surface area contributed by atoms with Crippen molar-refractivity contribution in [1.82, 2.24) is 0 Å². The Labute approximate surface area is 176 Å². The second kappa shape index (κ2) is 9.10. The summed E-state index contributed by atoms with van der Waals surface area (Å²) in [6, 6.07) is 14.5. The number of sulfonamides is 1. The van der Waals surface area contributed by atoms with Crippen LogP contribution >= 0.6 is 11.6 Å². The molecule has 0 saturated carbocycles. The molecule has 0 fully saturated rings. The SMILES string of the molecule is O=C(COc1ccc(S(=O)(=O)Nc2ccc(Cl)cc2)cc1)Nc1ccc(F)c(F)c1. The largest absolute Gasteiger partial charge is 0.484 e. The Balaban J connectivity index is 1.57. The van der Waals surface area contributed by atoms with Crippen LogP contribution < -0.4 is 14.8 Å². The Hall–Kier alpha value is -3.17. The zero-order valence-corrected chi connectivity index (χ0v) is 16.8. The smallest absolute Gasteiger partial charge is 0.262 e. The van der Waals surface area contributed by atoms with Crippen LogP contribution in [0.25, 0.3) is 0 Å². The van der Waals surface area contributed by atoms with Gasteiger partial charge in [-0.3, -0.25) is 9.52 Å². The van der Waals surface area contributed by atoms with Gasteiger partial charge in [-0.2, -0.15) is 0 Å². The van der Waals surface area contributed by atoms with Gasteiger partial charge in [0.15, 0.2) is 18.2 Å². The molecule has 0 aromatic heterocycles. The number of amides is 1. The maximum absolute atomic E-state index is 13.2. The van der Waals surface area contributed by atoms with E-state index in [0.29, 0.717) is 10.7 Å². The van der Waals surface area contributed by atoms with Gasteiger partial charge in [-0.05, 0) is 60.7 Å². The van der Waals surface area contributed by atoms with Crippen LogP contribution in [0.4, 0.5) is 20.2 Å². The first-order chi connectivity index (χ1) is 14.2. The van der Waals surface area contributed by atoms with Gasteiger partial charge in [-0.25, -0.2) is 17.2 Å². The molecule has 3 rings (SSSR count). The molecule has 0 heterocycles. The van der Waals surface area contributed by atoms with Gasteiger partial charge in [0.25, 0.3) is 15.9 Å². The van der Waals surface area contributed by atoms with Crippen molar-refractivity contribution in [3.8, 4) is 5.75 Å². The highest BCUT2D eigenvalue weighted by Crippen LogP contribution is 2.21. The number of ether oxygens (including phenoxy) is 1. The lowest BCUT2D eigenvalue weighted by molar-refractivity contribution is -0.118. The molecule has 0 spiro atoms. The molecule has 0 radical (unpaired) electrons. The molecule has 0 atom stereocenters. The molecule has 0 aliphatic heterocycles. The zero-order valence-electron chi connectivity index (χ0n) is 15.2. The number of carbonyl (C=O) groups is 1. The van der Waals surface area contributed by atoms with E-state index in [0.717, 1.165) is 12.1 Å². The van der Waals surface area contributed by atoms with Crippen molar-refractivity contribution in [2.45, 2.75) is 4.90 Å². The number of hydrogen-bond acceptors (Lipinski definition) is 4. The Bertz CT molecular complexity index is 1150. The van der Waals surface area contributed by atoms with E-state index in [4.69, 9.17) is 16.3 Å². The van der Waals surface area contributed by atoms with E-state index in [9.17, 15) is 22.0 Å². The average molecular weight is 453 g/mol. The minimum atomic E-state index is -3.82. The normalized spacial score (nSPS) is 11.0. The molecule has 2 N–H and O–H groups in total. The van der Waals surface area contributed by atoms with Crippen LogP contribution in [0.5, 0.6) is 5.75 Å². The van der Waals surface area contributed by atoms with Crippen molar-refractivity contribution in [1.29, 1.82) is 0 Å². The lowest BCUT2D eigenvalue weighted by Crippen LogP contribution is -2.20. The molecule has 0 unspecified atom stereocenters. The van der Waals surface area contributed by atoms with Crippen LogP contribution in [0.3, 0.4) is 0 Å². The van der Waals surface area contributed by atoms with Gasteiger partial charge in [0, 0.05) is 22.5 Å². The van der Waals surface area contributed by atoms with E-state index >= 15 is 0 Å². The molecular formula is C20H15ClF2N2O4S. The summed E-state index contributed by atoms with van der Waals surface area (Å²) in [4.78, 5) is 11.9. The summed E-state index contributed by atoms with van der Waals surface area (Å²) in [5, 5.41) is 2.84. The third kappa shape index (κ3) is 5.68. The number of rotatable bonds is 7. The van der Waals surface area contributed by atoms with E-state index in [1.807, 2.05) is 0 Å². The molecule has 3 aromatic carbocycles. The van der Waals surface area contributed by atoms with Crippen molar-refractivity contribution in [2.75, 3.05) is 16.6 Å². The van der Waals surface area contributed by atoms with Crippen molar-refractivity contribution in [2.24, 2.45) is 0 Å². The number of hydrogen-bond donors (Lipinski definition) is 2. The fraction of sp³-hybridized carbons (Fsp3) is 0.0500. The van der Waals surface area contributed by atoms with Crippen molar-refractivity contribution >= 4 is 38.9 Å². The van der Waals surface area contributed by atoms with Gasteiger partial charge in [0.05, 0.1) is 4.90 Å². The Morgan fingerprint density at radius 2 is 1.53 bits per heavy atom. The van der Waals surface area contributed by atoms with E-state index in [1.165, 1.54) is 42.5 Å². The molecule has 30 heavy (non-hydrogen) atoms. The summed E-state index contributed by atoms with van der Waals surface area (Å²) in [6.07, 6.45) is 0. The minimum absolute atomic E-state index is 0.00367. The number of benzene rings is 3. The predicted molar refractivity (Wildman–Crippen MR) is 109 cm³/mol. The first-order valence-corrected chi connectivity index (χ1v) is 10.4. The average Bonchev–Trinajstić information content (AvgIpc) is 2.71. The van der Waals surface area contributed by atoms with E-state index in [2.05, 4.69) is 10.0 Å². The highest BCUT2D eigenvalue weighted by Gasteiger charge is 2.14. The van der Waals surface area contributed by atoms with Gasteiger partial charge < -0.3 is 10.1 Å². The van der Waals surface area contributed by atoms with Crippen LogP contribution in [-0.2, 0) is 14.8 Å². The second-order valence-electron chi connectivity index (χ2n) is 6.05. The van der Waals surface area contributed by atoms with E-state index < -0.39 is 34.2 Å². The molecular weight excluding hydrogens is 438 g/mol. The van der Waals surface area contributed by atoms with Crippen molar-refractivity contribution in [3.63, 3.8) is 0 Å². The first-order valence-electron chi connectivity index (χ1n) is 8.49. The van der Waals surface area contributed by atoms with Crippen LogP contribution in [0.1, 0.15) is 0 Å². The summed E-state index contributed by atoms with van der Waals surface area (Å²) < 4.78 is 58.6. The Morgan fingerprint density at radius 1 is 0.900 bits per heavy atom. The summed E-state index contributed by atoms with van der Waals surface area (Å²) in [5.74, 6) is -2.45. The van der Waals surface area contributed by atoms with Crippen molar-refractivity contribution < 1.29 is 26.7 Å². The van der Waals surface area contributed by atoms with Crippen LogP contribution in [0.2, 0.25) is 5.02 Å². The summed E-state index contributed by atoms with van der Waals surface area (Å²) in [7, 11) is -3.82. The monoisotopic (exact) mass is 452 g/mol. The third-order valence-electron chi connectivity index (χ3n) is 3.80. The molecule has 1 amide bonds. The van der Waals surface area contributed by atoms with Gasteiger partial charge in [-0.15, -0.1) is 0 Å². The summed E-state index contributed by atoms with van der Waals surface area (Å²) in [5.41, 5.74) is 0.436. The quantitative estimate of drug-likeness (QED) is 0.555. The Kier molecular flexibility index (Phi) is 6.53. The van der Waals surface area contributed by atoms with Crippen LogP contribution in [-0.4, -0.2) is 20.9 Å². The van der Waals surface area contributed by atoms with Crippen molar-refractivity contribution in [3.05, 3.63) is 83.4 Å². The van der Waals surface area contributed by atoms with Gasteiger partial charge >= 0.3 is 0 Å². The predicted octanol–water partition coefficient (Wildman–Crippen LogP) is 4.44. The summed E-state index contributed by atoms with van der Waals surface area (Å²) in [6.45, 7) is -0.409. The first kappa shape index (κ1) is 21.5. The fourth-order valence-corrected chi connectivity index (χ4v) is 3.55. The molecule has 10 heteroatoms. The Morgan fingerprint density at radius 3 is 2.17 bits per heavy atom. The number of carbonyl (C=O) groups excluding carboxylic acids is 1. The van der Waals surface area contributed by atoms with Gasteiger partial charge in [0.2, 0.25) is 0 Å². The lowest BCUT2D eigenvalue weighted by atomic mass is 10.3. The van der Waals surface area contributed by atoms with Crippen LogP contribution in [0.15, 0.2) is 71.6 Å². The molecule has 0 aliphatic carbocycles. The van der Waals surface area contributed by atoms with Gasteiger partial charge in [0.1, 0.15) is 5.75 Å². The third-order valence-corrected chi connectivity index (χ3v) is 5.45. The minimum Gasteiger partial charge on any atom is -0.484 e. The molecule has 0 aliphatic rings. The zero-order chi connectivity index (χ0) is 21.7. The maximum Gasteiger partial charge on any atom is 0.262 e. The van der Waals surface area contributed by atoms with E-state index in [-0.39, 0.29) is 16.3 Å². The highest BCUT2D eigenvalue weighted by atomic mass is 35.5. The molecule has 156 valence electrons.